The Morgan fingerprint density at radius 2 is 0.816 bits per heavy atom. The number of rotatable bonds is 16. The van der Waals surface area contributed by atoms with Gasteiger partial charge in [-0.3, -0.25) is 0 Å². The van der Waals surface area contributed by atoms with Crippen LogP contribution >= 0.6 is 0 Å². The summed E-state index contributed by atoms with van der Waals surface area (Å²) in [6.07, 6.45) is 8.62. The van der Waals surface area contributed by atoms with Gasteiger partial charge >= 0.3 is 0 Å². The third kappa shape index (κ3) is 123. The van der Waals surface area contributed by atoms with Gasteiger partial charge in [-0.05, 0) is 70.9 Å². The highest BCUT2D eigenvalue weighted by molar-refractivity contribution is 4.42. The first-order valence-electron chi connectivity index (χ1n) is 12.9. The van der Waals surface area contributed by atoms with Crippen molar-refractivity contribution in [3.8, 4) is 0 Å². The second-order valence-electron chi connectivity index (χ2n) is 7.92. The third-order valence-corrected chi connectivity index (χ3v) is 3.53. The summed E-state index contributed by atoms with van der Waals surface area (Å²) in [5.74, 6) is 0.682. The zero-order valence-corrected chi connectivity index (χ0v) is 22.8. The molecular formula is C34H93NO3. The second-order valence-corrected chi connectivity index (χ2v) is 7.92. The van der Waals surface area contributed by atoms with E-state index in [1.54, 1.807) is 0 Å². The molecule has 0 aromatic carbocycles. The van der Waals surface area contributed by atoms with Crippen molar-refractivity contribution in [2.24, 2.45) is 5.92 Å². The largest absolute Gasteiger partial charge is 0.381 e. The summed E-state index contributed by atoms with van der Waals surface area (Å²) in [7, 11) is 0. The number of hydrogen-bond donors (Lipinski definition) is 1. The Bertz CT molecular complexity index is 222. The van der Waals surface area contributed by atoms with Crippen molar-refractivity contribution in [1.82, 2.24) is 5.32 Å². The Labute approximate surface area is 251 Å². The lowest BCUT2D eigenvalue weighted by Crippen LogP contribution is -2.14. The van der Waals surface area contributed by atoms with Gasteiger partial charge in [0.15, 0.2) is 0 Å². The highest BCUT2D eigenvalue weighted by Gasteiger charge is 1.93. The summed E-state index contributed by atoms with van der Waals surface area (Å²) in [6, 6.07) is 0. The smallest absolute Gasteiger partial charge is 0.0544 e. The molecule has 0 rings (SSSR count). The van der Waals surface area contributed by atoms with Crippen molar-refractivity contribution >= 4 is 0 Å². The maximum absolute atomic E-state index is 5.34. The summed E-state index contributed by atoms with van der Waals surface area (Å²) in [5, 5.41) is 3.28. The summed E-state index contributed by atoms with van der Waals surface area (Å²) in [6.45, 7) is 28.4. The fourth-order valence-corrected chi connectivity index (χ4v) is 1.77. The Hall–Kier alpha value is -0.160. The maximum Gasteiger partial charge on any atom is 0.0544 e. The van der Waals surface area contributed by atoms with E-state index in [-0.39, 0.29) is 59.4 Å². The van der Waals surface area contributed by atoms with Gasteiger partial charge in [-0.1, -0.05) is 122 Å². The molecule has 252 valence electrons. The van der Waals surface area contributed by atoms with E-state index in [0.29, 0.717) is 12.0 Å². The van der Waals surface area contributed by atoms with Gasteiger partial charge in [-0.15, -0.1) is 0 Å². The van der Waals surface area contributed by atoms with E-state index >= 15 is 0 Å². The molecule has 0 aliphatic carbocycles. The van der Waals surface area contributed by atoms with Crippen LogP contribution in [0.1, 0.15) is 174 Å². The van der Waals surface area contributed by atoms with Crippen molar-refractivity contribution < 1.29 is 14.2 Å². The predicted octanol–water partition coefficient (Wildman–Crippen LogP) is 12.6. The maximum atomic E-state index is 5.34. The fraction of sp³-hybridized carbons (Fsp3) is 1.00. The first kappa shape index (κ1) is 76.9. The summed E-state index contributed by atoms with van der Waals surface area (Å²) >= 11 is 0. The molecule has 38 heavy (non-hydrogen) atoms. The fourth-order valence-electron chi connectivity index (χ4n) is 1.77. The number of ether oxygens (including phenoxy) is 3. The molecule has 0 aromatic heterocycles. The Morgan fingerprint density at radius 1 is 0.474 bits per heavy atom. The number of hydrogen-bond acceptors (Lipinski definition) is 4. The van der Waals surface area contributed by atoms with Crippen molar-refractivity contribution in [2.45, 2.75) is 180 Å². The Morgan fingerprint density at radius 3 is 1.08 bits per heavy atom. The van der Waals surface area contributed by atoms with E-state index in [1.165, 1.54) is 25.9 Å². The molecule has 0 amide bonds. The molecule has 0 radical (unpaired) electrons. The van der Waals surface area contributed by atoms with Crippen molar-refractivity contribution in [1.29, 1.82) is 0 Å². The molecule has 0 saturated heterocycles. The van der Waals surface area contributed by atoms with Crippen molar-refractivity contribution in [3.05, 3.63) is 0 Å². The molecule has 0 aliphatic rings. The van der Waals surface area contributed by atoms with Gasteiger partial charge in [0, 0.05) is 33.0 Å². The first-order valence-corrected chi connectivity index (χ1v) is 12.9. The SMILES string of the molecule is C.C.C.C.C.C.C.C.CCCNCCC.CCCOC(C)CC.CCCOCC(C)C.CCCOCCC. The van der Waals surface area contributed by atoms with Gasteiger partial charge in [0.1, 0.15) is 0 Å². The zero-order chi connectivity index (χ0) is 23.9. The Balaban J connectivity index is -0.0000000222. The number of nitrogens with one attached hydrogen (secondary N) is 1. The summed E-state index contributed by atoms with van der Waals surface area (Å²) in [4.78, 5) is 0. The molecule has 0 aromatic rings. The monoisotopic (exact) mass is 564 g/mol. The van der Waals surface area contributed by atoms with Gasteiger partial charge in [0.25, 0.3) is 0 Å². The van der Waals surface area contributed by atoms with Gasteiger partial charge in [-0.2, -0.15) is 0 Å². The lowest BCUT2D eigenvalue weighted by molar-refractivity contribution is 0.0642. The molecule has 0 aliphatic heterocycles. The quantitative estimate of drug-likeness (QED) is 0.189. The van der Waals surface area contributed by atoms with Crippen LogP contribution in [0.4, 0.5) is 0 Å². The first-order chi connectivity index (χ1) is 14.4. The van der Waals surface area contributed by atoms with E-state index in [0.717, 1.165) is 65.1 Å². The van der Waals surface area contributed by atoms with Gasteiger partial charge < -0.3 is 19.5 Å². The van der Waals surface area contributed by atoms with Crippen LogP contribution < -0.4 is 5.32 Å². The molecule has 0 fully saturated rings. The third-order valence-electron chi connectivity index (χ3n) is 3.53. The van der Waals surface area contributed by atoms with E-state index in [4.69, 9.17) is 14.2 Å². The average molecular weight is 564 g/mol. The van der Waals surface area contributed by atoms with Gasteiger partial charge in [-0.25, -0.2) is 0 Å². The van der Waals surface area contributed by atoms with Crippen molar-refractivity contribution in [3.63, 3.8) is 0 Å². The Kier molecular flexibility index (Phi) is 169. The van der Waals surface area contributed by atoms with Crippen LogP contribution in [0.3, 0.4) is 0 Å². The van der Waals surface area contributed by atoms with Gasteiger partial charge in [0.2, 0.25) is 0 Å². The molecule has 1 N–H and O–H groups in total. The molecule has 1 unspecified atom stereocenters. The molecule has 0 bridgehead atoms. The van der Waals surface area contributed by atoms with Crippen LogP contribution in [0.25, 0.3) is 0 Å². The highest BCUT2D eigenvalue weighted by atomic mass is 16.5. The van der Waals surface area contributed by atoms with E-state index in [2.05, 4.69) is 74.6 Å². The van der Waals surface area contributed by atoms with Crippen LogP contribution in [-0.2, 0) is 14.2 Å². The molecule has 4 heteroatoms. The summed E-state index contributed by atoms with van der Waals surface area (Å²) < 4.78 is 15.7. The van der Waals surface area contributed by atoms with Crippen LogP contribution in [-0.4, -0.2) is 52.2 Å². The standard InChI is InChI=1S/2C7H16O.C6H15N.C6H14O.8CH4/c1-4-5-8-6-7(2)3;1-4-6-8-7(3)5-2;2*1-3-5-7-6-4-2;;;;;;;;/h2*7H,4-6H2,1-3H3;7H,3-6H2,1-2H3;3-6H2,1-2H3;8*1H4. The molecule has 0 spiro atoms. The molecule has 1 atom stereocenters. The van der Waals surface area contributed by atoms with Crippen LogP contribution in [0.5, 0.6) is 0 Å². The molecule has 0 saturated carbocycles. The lowest BCUT2D eigenvalue weighted by atomic mass is 10.2. The molecule has 0 heterocycles. The summed E-state index contributed by atoms with van der Waals surface area (Å²) in [5.41, 5.74) is 0. The lowest BCUT2D eigenvalue weighted by Gasteiger charge is -2.07. The predicted molar refractivity (Wildman–Crippen MR) is 191 cm³/mol. The van der Waals surface area contributed by atoms with Crippen molar-refractivity contribution in [2.75, 3.05) is 46.1 Å². The normalized spacial score (nSPS) is 8.61. The van der Waals surface area contributed by atoms with E-state index in [1.807, 2.05) is 0 Å². The van der Waals surface area contributed by atoms with E-state index < -0.39 is 0 Å². The topological polar surface area (TPSA) is 39.7 Å². The molecule has 4 nitrogen and oxygen atoms in total. The minimum absolute atomic E-state index is 0. The van der Waals surface area contributed by atoms with Crippen LogP contribution in [0, 0.1) is 5.92 Å². The van der Waals surface area contributed by atoms with E-state index in [9.17, 15) is 0 Å². The second kappa shape index (κ2) is 83.3. The highest BCUT2D eigenvalue weighted by Crippen LogP contribution is 1.95. The van der Waals surface area contributed by atoms with Crippen LogP contribution in [0.15, 0.2) is 0 Å². The zero-order valence-electron chi connectivity index (χ0n) is 22.8. The van der Waals surface area contributed by atoms with Crippen LogP contribution in [0.2, 0.25) is 0 Å². The molecular weight excluding hydrogens is 470 g/mol. The minimum Gasteiger partial charge on any atom is -0.381 e. The minimum atomic E-state index is 0. The van der Waals surface area contributed by atoms with Gasteiger partial charge in [0.05, 0.1) is 6.10 Å². The average Bonchev–Trinajstić information content (AvgIpc) is 2.74.